The zero-order valence-electron chi connectivity index (χ0n) is 12.7. The molecule has 1 aliphatic rings. The predicted molar refractivity (Wildman–Crippen MR) is 87.5 cm³/mol. The Kier molecular flexibility index (Phi) is 6.24. The molecule has 0 spiro atoms. The van der Waals surface area contributed by atoms with E-state index in [0.717, 1.165) is 29.4 Å². The number of benzene rings is 1. The van der Waals surface area contributed by atoms with Gasteiger partial charge in [-0.15, -0.1) is 0 Å². The van der Waals surface area contributed by atoms with Crippen LogP contribution in [0.4, 0.5) is 4.79 Å². The second-order valence-electron chi connectivity index (χ2n) is 5.20. The van der Waals surface area contributed by atoms with Crippen LogP contribution in [0.1, 0.15) is 37.8 Å². The van der Waals surface area contributed by atoms with Crippen LogP contribution in [0.2, 0.25) is 0 Å². The van der Waals surface area contributed by atoms with Gasteiger partial charge in [-0.05, 0) is 37.5 Å². The predicted octanol–water partition coefficient (Wildman–Crippen LogP) is 3.25. The molecule has 2 rings (SSSR count). The van der Waals surface area contributed by atoms with Crippen molar-refractivity contribution in [1.29, 1.82) is 0 Å². The van der Waals surface area contributed by atoms with Crippen molar-refractivity contribution in [3.05, 3.63) is 34.3 Å². The third-order valence-corrected chi connectivity index (χ3v) is 4.18. The van der Waals surface area contributed by atoms with Gasteiger partial charge < -0.3 is 15.0 Å². The first kappa shape index (κ1) is 16.8. The topological polar surface area (TPSA) is 58.6 Å². The molecule has 1 saturated heterocycles. The Morgan fingerprint density at radius 1 is 1.45 bits per heavy atom. The summed E-state index contributed by atoms with van der Waals surface area (Å²) >= 11 is 3.47. The van der Waals surface area contributed by atoms with E-state index in [1.807, 2.05) is 17.0 Å². The van der Waals surface area contributed by atoms with Crippen LogP contribution in [0.5, 0.6) is 0 Å². The normalized spacial score (nSPS) is 17.4. The van der Waals surface area contributed by atoms with Gasteiger partial charge in [-0.3, -0.25) is 4.79 Å². The van der Waals surface area contributed by atoms with Crippen molar-refractivity contribution in [2.75, 3.05) is 19.7 Å². The van der Waals surface area contributed by atoms with Crippen molar-refractivity contribution in [2.45, 2.75) is 32.2 Å². The number of alkyl carbamates (subject to hydrolysis) is 1. The molecular weight excluding hydrogens is 348 g/mol. The van der Waals surface area contributed by atoms with Crippen molar-refractivity contribution < 1.29 is 14.3 Å². The van der Waals surface area contributed by atoms with Crippen LogP contribution in [0, 0.1) is 0 Å². The SMILES string of the molecule is CCOC(=O)NCCC(=O)N1CCC[C@H]1c1cccc(Br)c1. The van der Waals surface area contributed by atoms with Gasteiger partial charge in [-0.2, -0.15) is 0 Å². The van der Waals surface area contributed by atoms with Gasteiger partial charge >= 0.3 is 6.09 Å². The quantitative estimate of drug-likeness (QED) is 0.867. The van der Waals surface area contributed by atoms with E-state index in [4.69, 9.17) is 4.74 Å². The lowest BCUT2D eigenvalue weighted by molar-refractivity contribution is -0.132. The highest BCUT2D eigenvalue weighted by Crippen LogP contribution is 2.33. The van der Waals surface area contributed by atoms with Gasteiger partial charge in [-0.1, -0.05) is 28.1 Å². The van der Waals surface area contributed by atoms with Gasteiger partial charge in [0.1, 0.15) is 0 Å². The molecular formula is C16H21BrN2O3. The minimum atomic E-state index is -0.472. The lowest BCUT2D eigenvalue weighted by atomic mass is 10.0. The number of carbonyl (C=O) groups excluding carboxylic acids is 2. The van der Waals surface area contributed by atoms with Crippen LogP contribution in [0.25, 0.3) is 0 Å². The van der Waals surface area contributed by atoms with Crippen LogP contribution in [0.15, 0.2) is 28.7 Å². The third-order valence-electron chi connectivity index (χ3n) is 3.69. The Hall–Kier alpha value is -1.56. The molecule has 0 bridgehead atoms. The number of hydrogen-bond donors (Lipinski definition) is 1. The average Bonchev–Trinajstić information content (AvgIpc) is 2.97. The van der Waals surface area contributed by atoms with Gasteiger partial charge in [-0.25, -0.2) is 4.79 Å². The molecule has 120 valence electrons. The van der Waals surface area contributed by atoms with E-state index in [1.54, 1.807) is 6.92 Å². The van der Waals surface area contributed by atoms with Gasteiger partial charge in [0.15, 0.2) is 0 Å². The molecule has 0 unspecified atom stereocenters. The highest BCUT2D eigenvalue weighted by atomic mass is 79.9. The summed E-state index contributed by atoms with van der Waals surface area (Å²) in [6, 6.07) is 8.22. The fourth-order valence-electron chi connectivity index (χ4n) is 2.72. The minimum Gasteiger partial charge on any atom is -0.450 e. The number of rotatable bonds is 5. The number of ether oxygens (including phenoxy) is 1. The maximum Gasteiger partial charge on any atom is 0.407 e. The molecule has 0 saturated carbocycles. The zero-order valence-corrected chi connectivity index (χ0v) is 14.3. The number of carbonyl (C=O) groups is 2. The van der Waals surface area contributed by atoms with E-state index in [0.29, 0.717) is 19.6 Å². The summed E-state index contributed by atoms with van der Waals surface area (Å²) in [5, 5.41) is 2.59. The van der Waals surface area contributed by atoms with Crippen molar-refractivity contribution in [3.63, 3.8) is 0 Å². The molecule has 2 amide bonds. The van der Waals surface area contributed by atoms with Crippen molar-refractivity contribution in [2.24, 2.45) is 0 Å². The molecule has 0 radical (unpaired) electrons. The molecule has 22 heavy (non-hydrogen) atoms. The summed E-state index contributed by atoms with van der Waals surface area (Å²) in [6.45, 7) is 3.16. The highest BCUT2D eigenvalue weighted by Gasteiger charge is 2.29. The van der Waals surface area contributed by atoms with E-state index in [1.165, 1.54) is 0 Å². The van der Waals surface area contributed by atoms with E-state index in [9.17, 15) is 9.59 Å². The number of halogens is 1. The number of nitrogens with one attached hydrogen (secondary N) is 1. The van der Waals surface area contributed by atoms with E-state index < -0.39 is 6.09 Å². The van der Waals surface area contributed by atoms with Gasteiger partial charge in [0, 0.05) is 24.0 Å². The maximum atomic E-state index is 12.4. The molecule has 1 atom stereocenters. The summed E-state index contributed by atoms with van der Waals surface area (Å²) in [7, 11) is 0. The molecule has 1 aliphatic heterocycles. The summed E-state index contributed by atoms with van der Waals surface area (Å²) in [5.41, 5.74) is 1.15. The average molecular weight is 369 g/mol. The number of nitrogens with zero attached hydrogens (tertiary/aromatic N) is 1. The summed E-state index contributed by atoms with van der Waals surface area (Å²) < 4.78 is 5.79. The third kappa shape index (κ3) is 4.47. The standard InChI is InChI=1S/C16H21BrN2O3/c1-2-22-16(21)18-9-8-15(20)19-10-4-7-14(19)12-5-3-6-13(17)11-12/h3,5-6,11,14H,2,4,7-10H2,1H3,(H,18,21)/t14-/m0/s1. The monoisotopic (exact) mass is 368 g/mol. The van der Waals surface area contributed by atoms with Crippen LogP contribution in [0.3, 0.4) is 0 Å². The Morgan fingerprint density at radius 2 is 2.27 bits per heavy atom. The van der Waals surface area contributed by atoms with Crippen LogP contribution in [-0.2, 0) is 9.53 Å². The largest absolute Gasteiger partial charge is 0.450 e. The second-order valence-corrected chi connectivity index (χ2v) is 6.11. The molecule has 6 heteroatoms. The molecule has 0 aliphatic carbocycles. The fourth-order valence-corrected chi connectivity index (χ4v) is 3.14. The molecule has 1 aromatic rings. The molecule has 1 aromatic carbocycles. The van der Waals surface area contributed by atoms with E-state index >= 15 is 0 Å². The Balaban J connectivity index is 1.90. The fraction of sp³-hybridized carbons (Fsp3) is 0.500. The van der Waals surface area contributed by atoms with Crippen molar-refractivity contribution in [1.82, 2.24) is 10.2 Å². The molecule has 1 fully saturated rings. The molecule has 1 heterocycles. The molecule has 5 nitrogen and oxygen atoms in total. The van der Waals surface area contributed by atoms with Crippen LogP contribution in [-0.4, -0.2) is 36.6 Å². The Morgan fingerprint density at radius 3 is 3.00 bits per heavy atom. The smallest absolute Gasteiger partial charge is 0.407 e. The summed E-state index contributed by atoms with van der Waals surface area (Å²) in [4.78, 5) is 25.5. The number of likely N-dealkylation sites (tertiary alicyclic amines) is 1. The first-order valence-electron chi connectivity index (χ1n) is 7.57. The first-order valence-corrected chi connectivity index (χ1v) is 8.36. The maximum absolute atomic E-state index is 12.4. The number of hydrogen-bond acceptors (Lipinski definition) is 3. The van der Waals surface area contributed by atoms with E-state index in [-0.39, 0.29) is 11.9 Å². The summed E-state index contributed by atoms with van der Waals surface area (Å²) in [6.07, 6.45) is 1.81. The number of amides is 2. The van der Waals surface area contributed by atoms with Crippen LogP contribution >= 0.6 is 15.9 Å². The van der Waals surface area contributed by atoms with Gasteiger partial charge in [0.2, 0.25) is 5.91 Å². The zero-order chi connectivity index (χ0) is 15.9. The lowest BCUT2D eigenvalue weighted by Gasteiger charge is -2.25. The Bertz CT molecular complexity index is 536. The highest BCUT2D eigenvalue weighted by molar-refractivity contribution is 9.10. The molecule has 0 aromatic heterocycles. The van der Waals surface area contributed by atoms with Crippen LogP contribution < -0.4 is 5.32 Å². The summed E-state index contributed by atoms with van der Waals surface area (Å²) in [5.74, 6) is 0.0688. The Labute approximate surface area is 139 Å². The minimum absolute atomic E-state index is 0.0688. The molecule has 1 N–H and O–H groups in total. The second kappa shape index (κ2) is 8.17. The lowest BCUT2D eigenvalue weighted by Crippen LogP contribution is -2.34. The van der Waals surface area contributed by atoms with Crippen molar-refractivity contribution >= 4 is 27.9 Å². The van der Waals surface area contributed by atoms with E-state index in [2.05, 4.69) is 33.4 Å². The van der Waals surface area contributed by atoms with Gasteiger partial charge in [0.25, 0.3) is 0 Å². The van der Waals surface area contributed by atoms with Gasteiger partial charge in [0.05, 0.1) is 12.6 Å². The first-order chi connectivity index (χ1) is 10.6. The van der Waals surface area contributed by atoms with Crippen molar-refractivity contribution in [3.8, 4) is 0 Å².